The van der Waals surface area contributed by atoms with Crippen molar-refractivity contribution in [1.29, 1.82) is 0 Å². The molecule has 0 unspecified atom stereocenters. The minimum absolute atomic E-state index is 0. The van der Waals surface area contributed by atoms with Crippen LogP contribution < -0.4 is 47.5 Å². The molecule has 0 aliphatic carbocycles. The fourth-order valence-corrected chi connectivity index (χ4v) is 0.767. The van der Waals surface area contributed by atoms with Crippen LogP contribution in [-0.4, -0.2) is 21.7 Å². The maximum Gasteiger partial charge on any atom is 2.00 e. The standard InChI is InChI=1S/C4H8N2S4.6H3N.6Zn/c7-3(8)5-1-2-6-4(9)10;;;;;;;;;;;;/h1-2H2,(H2,5,7,8)(H2,6,9,10);6*1H3;;;;;;/q;;;;;;;6*+2/p+6. The largest absolute Gasteiger partial charge is 2.00 e. The van der Waals surface area contributed by atoms with E-state index < -0.39 is 0 Å². The summed E-state index contributed by atoms with van der Waals surface area (Å²) in [7, 11) is 0. The molecule has 0 saturated heterocycles. The molecule has 0 aromatic rings. The first kappa shape index (κ1) is 96.2. The van der Waals surface area contributed by atoms with E-state index in [1.54, 1.807) is 0 Å². The monoisotopic (exact) mass is 704 g/mol. The molecule has 18 heteroatoms. The number of hydrogen-bond acceptors (Lipinski definition) is 2. The first-order chi connectivity index (χ1) is 4.63. The molecule has 0 radical (unpaired) electrons. The average molecular weight is 713 g/mol. The van der Waals surface area contributed by atoms with E-state index in [9.17, 15) is 0 Å². The molecule has 22 heavy (non-hydrogen) atoms. The minimum atomic E-state index is 0. The van der Waals surface area contributed by atoms with Crippen molar-refractivity contribution in [2.75, 3.05) is 13.1 Å². The van der Waals surface area contributed by atoms with Gasteiger partial charge in [-0.3, -0.25) is 0 Å². The normalized spacial score (nSPS) is 3.91. The first-order valence-electron chi connectivity index (χ1n) is 2.56. The van der Waals surface area contributed by atoms with Gasteiger partial charge >= 0.3 is 117 Å². The summed E-state index contributed by atoms with van der Waals surface area (Å²) in [6.07, 6.45) is 0. The van der Waals surface area contributed by atoms with Gasteiger partial charge in [0.05, 0.1) is 0 Å². The zero-order chi connectivity index (χ0) is 7.98. The zero-order valence-corrected chi connectivity index (χ0v) is 36.6. The maximum absolute atomic E-state index is 4.65. The Morgan fingerprint density at radius 3 is 0.773 bits per heavy atom. The Balaban J connectivity index is -0.00000000614. The molecule has 0 atom stereocenters. The quantitative estimate of drug-likeness (QED) is 0.0918. The van der Waals surface area contributed by atoms with Crippen LogP contribution in [0.15, 0.2) is 0 Å². The van der Waals surface area contributed by atoms with Crippen molar-refractivity contribution in [1.82, 2.24) is 47.5 Å². The van der Waals surface area contributed by atoms with E-state index in [0.717, 1.165) is 0 Å². The fraction of sp³-hybridized carbons (Fsp3) is 0.500. The van der Waals surface area contributed by atoms with Crippen molar-refractivity contribution in [3.63, 3.8) is 0 Å². The van der Waals surface area contributed by atoms with Gasteiger partial charge in [0.25, 0.3) is 0 Å². The van der Waals surface area contributed by atoms with Crippen LogP contribution in [-0.2, 0) is 117 Å². The van der Waals surface area contributed by atoms with Crippen molar-refractivity contribution in [2.45, 2.75) is 0 Å². The van der Waals surface area contributed by atoms with Gasteiger partial charge in [-0.2, -0.15) is 0 Å². The van der Waals surface area contributed by atoms with Gasteiger partial charge in [-0.1, -0.05) is 24.4 Å². The minimum Gasteiger partial charge on any atom is -0.369 e. The second kappa shape index (κ2) is 73.5. The van der Waals surface area contributed by atoms with Gasteiger partial charge in [0.15, 0.2) is 0 Å². The van der Waals surface area contributed by atoms with E-state index in [1.165, 1.54) is 0 Å². The molecule has 0 aromatic carbocycles. The molecule has 0 heterocycles. The van der Waals surface area contributed by atoms with E-state index in [2.05, 4.69) is 60.3 Å². The van der Waals surface area contributed by atoms with Crippen molar-refractivity contribution in [3.05, 3.63) is 0 Å². The average Bonchev–Trinajstić information content (AvgIpc) is 1.79. The fourth-order valence-electron chi connectivity index (χ4n) is 0.339. The van der Waals surface area contributed by atoms with Gasteiger partial charge < -0.3 is 47.5 Å². The molecular weight excluding hydrogens is 681 g/mol. The Morgan fingerprint density at radius 2 is 0.682 bits per heavy atom. The molecule has 0 bridgehead atoms. The number of thiocarbonyl (C=S) groups is 2. The molecular formula is C4H32N8S4Zn6+18. The molecule has 26 N–H and O–H groups in total. The van der Waals surface area contributed by atoms with Crippen LogP contribution in [0.5, 0.6) is 0 Å². The predicted molar refractivity (Wildman–Crippen MR) is 95.1 cm³/mol. The SMILES string of the molecule is S=C(S)NCCNC(=S)S.[NH4+].[NH4+].[NH4+].[NH4+].[NH4+].[NH4+].[Zn+2].[Zn+2].[Zn+2].[Zn+2].[Zn+2].[Zn+2]. The third-order valence-corrected chi connectivity index (χ3v) is 1.28. The van der Waals surface area contributed by atoms with Gasteiger partial charge in [-0.25, -0.2) is 0 Å². The third kappa shape index (κ3) is 105. The molecule has 0 aromatic heterocycles. The van der Waals surface area contributed by atoms with Crippen LogP contribution >= 0.6 is 49.7 Å². The van der Waals surface area contributed by atoms with Gasteiger partial charge in [0.1, 0.15) is 8.64 Å². The number of rotatable bonds is 3. The van der Waals surface area contributed by atoms with E-state index >= 15 is 0 Å². The second-order valence-electron chi connectivity index (χ2n) is 1.46. The van der Waals surface area contributed by atoms with Crippen molar-refractivity contribution in [3.8, 4) is 0 Å². The second-order valence-corrected chi connectivity index (χ2v) is 3.78. The molecule has 0 rings (SSSR count). The third-order valence-electron chi connectivity index (χ3n) is 0.677. The van der Waals surface area contributed by atoms with E-state index in [1.807, 2.05) is 0 Å². The van der Waals surface area contributed by atoms with Crippen molar-refractivity contribution < 1.29 is 117 Å². The molecule has 0 aliphatic heterocycles. The molecule has 0 aliphatic rings. The molecule has 0 spiro atoms. The maximum atomic E-state index is 4.65. The van der Waals surface area contributed by atoms with Gasteiger partial charge in [-0.15, -0.1) is 25.3 Å². The summed E-state index contributed by atoms with van der Waals surface area (Å²) < 4.78 is 0.985. The van der Waals surface area contributed by atoms with Crippen LogP contribution in [0, 0.1) is 0 Å². The molecule has 0 amide bonds. The summed E-state index contributed by atoms with van der Waals surface area (Å²) in [4.78, 5) is 0. The van der Waals surface area contributed by atoms with Crippen LogP contribution in [0.2, 0.25) is 0 Å². The number of nitrogens with one attached hydrogen (secondary N) is 2. The summed E-state index contributed by atoms with van der Waals surface area (Å²) in [6.45, 7) is 1.42. The Bertz CT molecular complexity index is 147. The Labute approximate surface area is 232 Å². The summed E-state index contributed by atoms with van der Waals surface area (Å²) in [5.74, 6) is 0. The Morgan fingerprint density at radius 1 is 0.545 bits per heavy atom. The summed E-state index contributed by atoms with van der Waals surface area (Å²) in [5, 5.41) is 5.68. The molecule has 0 saturated carbocycles. The van der Waals surface area contributed by atoms with Crippen LogP contribution in [0.25, 0.3) is 0 Å². The molecule has 106 valence electrons. The number of thiol groups is 2. The molecule has 0 fully saturated rings. The van der Waals surface area contributed by atoms with Crippen LogP contribution in [0.4, 0.5) is 0 Å². The zero-order valence-electron chi connectivity index (χ0n) is 15.4. The Kier molecular flexibility index (Phi) is 321. The summed E-state index contributed by atoms with van der Waals surface area (Å²) >= 11 is 17.0. The van der Waals surface area contributed by atoms with E-state index in [-0.39, 0.29) is 154 Å². The Hall–Kier alpha value is 3.98. The van der Waals surface area contributed by atoms with E-state index in [4.69, 9.17) is 0 Å². The molecule has 8 nitrogen and oxygen atoms in total. The van der Waals surface area contributed by atoms with Gasteiger partial charge in [0, 0.05) is 13.1 Å². The number of hydrogen-bond donors (Lipinski definition) is 10. The van der Waals surface area contributed by atoms with Crippen LogP contribution in [0.1, 0.15) is 0 Å². The first-order valence-corrected chi connectivity index (χ1v) is 4.27. The smallest absolute Gasteiger partial charge is 0.369 e. The van der Waals surface area contributed by atoms with Crippen molar-refractivity contribution in [2.24, 2.45) is 0 Å². The number of quaternary nitrogens is 6. The topological polar surface area (TPSA) is 243 Å². The summed E-state index contributed by atoms with van der Waals surface area (Å²) in [6, 6.07) is 0. The van der Waals surface area contributed by atoms with Gasteiger partial charge in [-0.05, 0) is 0 Å². The van der Waals surface area contributed by atoms with E-state index in [0.29, 0.717) is 21.7 Å². The van der Waals surface area contributed by atoms with Crippen LogP contribution in [0.3, 0.4) is 0 Å². The predicted octanol–water partition coefficient (Wildman–Crippen LogP) is 2.84. The van der Waals surface area contributed by atoms with Crippen molar-refractivity contribution >= 4 is 58.3 Å². The van der Waals surface area contributed by atoms with Gasteiger partial charge in [0.2, 0.25) is 0 Å². The summed E-state index contributed by atoms with van der Waals surface area (Å²) in [5.41, 5.74) is 0.